The molecular formula is C13H20N2O2. The lowest BCUT2D eigenvalue weighted by atomic mass is 10.0. The first-order valence-electron chi connectivity index (χ1n) is 6.69. The van der Waals surface area contributed by atoms with E-state index in [-0.39, 0.29) is 18.2 Å². The van der Waals surface area contributed by atoms with Crippen LogP contribution in [-0.2, 0) is 4.74 Å². The van der Waals surface area contributed by atoms with Gasteiger partial charge in [0.25, 0.3) is 0 Å². The Bertz CT molecular complexity index is 371. The SMILES string of the molecule is OC1CCCC1c1ccnn1C1CCCCO1. The smallest absolute Gasteiger partial charge is 0.150 e. The van der Waals surface area contributed by atoms with Gasteiger partial charge in [-0.15, -0.1) is 0 Å². The molecule has 4 heteroatoms. The summed E-state index contributed by atoms with van der Waals surface area (Å²) in [7, 11) is 0. The van der Waals surface area contributed by atoms with Crippen LogP contribution < -0.4 is 0 Å². The van der Waals surface area contributed by atoms with Crippen LogP contribution in [0.15, 0.2) is 12.3 Å². The molecule has 1 N–H and O–H groups in total. The predicted molar refractivity (Wildman–Crippen MR) is 63.7 cm³/mol. The molecule has 2 heterocycles. The van der Waals surface area contributed by atoms with E-state index >= 15 is 0 Å². The second kappa shape index (κ2) is 4.78. The average molecular weight is 236 g/mol. The third-order valence-corrected chi connectivity index (χ3v) is 3.99. The van der Waals surface area contributed by atoms with Gasteiger partial charge in [-0.3, -0.25) is 0 Å². The van der Waals surface area contributed by atoms with Gasteiger partial charge in [-0.1, -0.05) is 6.42 Å². The van der Waals surface area contributed by atoms with E-state index in [1.54, 1.807) is 0 Å². The topological polar surface area (TPSA) is 47.3 Å². The summed E-state index contributed by atoms with van der Waals surface area (Å²) in [5.41, 5.74) is 1.15. The highest BCUT2D eigenvalue weighted by molar-refractivity contribution is 5.12. The van der Waals surface area contributed by atoms with Crippen molar-refractivity contribution in [2.24, 2.45) is 0 Å². The van der Waals surface area contributed by atoms with Crippen molar-refractivity contribution in [2.75, 3.05) is 6.61 Å². The van der Waals surface area contributed by atoms with Crippen LogP contribution in [0.5, 0.6) is 0 Å². The molecule has 1 aliphatic carbocycles. The predicted octanol–water partition coefficient (Wildman–Crippen LogP) is 2.21. The van der Waals surface area contributed by atoms with E-state index in [2.05, 4.69) is 5.10 Å². The maximum absolute atomic E-state index is 10.0. The van der Waals surface area contributed by atoms with Crippen molar-refractivity contribution in [3.63, 3.8) is 0 Å². The van der Waals surface area contributed by atoms with Crippen LogP contribution >= 0.6 is 0 Å². The van der Waals surface area contributed by atoms with E-state index < -0.39 is 0 Å². The molecule has 3 atom stereocenters. The minimum Gasteiger partial charge on any atom is -0.392 e. The van der Waals surface area contributed by atoms with Gasteiger partial charge < -0.3 is 9.84 Å². The number of nitrogens with zero attached hydrogens (tertiary/aromatic N) is 2. The average Bonchev–Trinajstić information content (AvgIpc) is 2.98. The van der Waals surface area contributed by atoms with Crippen molar-refractivity contribution in [2.45, 2.75) is 56.8 Å². The summed E-state index contributed by atoms with van der Waals surface area (Å²) < 4.78 is 7.78. The van der Waals surface area contributed by atoms with Crippen molar-refractivity contribution >= 4 is 0 Å². The van der Waals surface area contributed by atoms with Gasteiger partial charge >= 0.3 is 0 Å². The highest BCUT2D eigenvalue weighted by atomic mass is 16.5. The van der Waals surface area contributed by atoms with Crippen molar-refractivity contribution in [1.29, 1.82) is 0 Å². The van der Waals surface area contributed by atoms with Gasteiger partial charge in [-0.25, -0.2) is 4.68 Å². The summed E-state index contributed by atoms with van der Waals surface area (Å²) in [6.07, 6.45) is 8.21. The largest absolute Gasteiger partial charge is 0.392 e. The van der Waals surface area contributed by atoms with Crippen molar-refractivity contribution < 1.29 is 9.84 Å². The lowest BCUT2D eigenvalue weighted by molar-refractivity contribution is -0.0424. The minimum absolute atomic E-state index is 0.0848. The monoisotopic (exact) mass is 236 g/mol. The van der Waals surface area contributed by atoms with Crippen molar-refractivity contribution in [1.82, 2.24) is 9.78 Å². The second-order valence-corrected chi connectivity index (χ2v) is 5.13. The zero-order valence-corrected chi connectivity index (χ0v) is 10.1. The van der Waals surface area contributed by atoms with E-state index in [1.807, 2.05) is 16.9 Å². The van der Waals surface area contributed by atoms with E-state index in [9.17, 15) is 5.11 Å². The molecule has 3 unspecified atom stereocenters. The van der Waals surface area contributed by atoms with Crippen molar-refractivity contribution in [3.05, 3.63) is 18.0 Å². The Kier molecular flexibility index (Phi) is 3.16. The van der Waals surface area contributed by atoms with Gasteiger partial charge in [-0.05, 0) is 38.2 Å². The second-order valence-electron chi connectivity index (χ2n) is 5.13. The number of rotatable bonds is 2. The van der Waals surface area contributed by atoms with Gasteiger partial charge in [0.05, 0.1) is 6.10 Å². The third-order valence-electron chi connectivity index (χ3n) is 3.99. The fraction of sp³-hybridized carbons (Fsp3) is 0.769. The Hall–Kier alpha value is -0.870. The standard InChI is InChI=1S/C13H20N2O2/c16-12-5-3-4-10(12)11-7-8-14-15(11)13-6-1-2-9-17-13/h7-8,10,12-13,16H,1-6,9H2. The van der Waals surface area contributed by atoms with Crippen LogP contribution in [0.3, 0.4) is 0 Å². The van der Waals surface area contributed by atoms with Gasteiger partial charge in [0.1, 0.15) is 6.23 Å². The Morgan fingerprint density at radius 1 is 1.24 bits per heavy atom. The normalized spacial score (nSPS) is 34.1. The number of ether oxygens (including phenoxy) is 1. The molecule has 2 fully saturated rings. The molecule has 1 aromatic heterocycles. The molecule has 94 valence electrons. The Morgan fingerprint density at radius 3 is 2.88 bits per heavy atom. The molecule has 1 saturated heterocycles. The summed E-state index contributed by atoms with van der Waals surface area (Å²) in [4.78, 5) is 0. The fourth-order valence-corrected chi connectivity index (χ4v) is 3.06. The minimum atomic E-state index is -0.200. The molecule has 0 aromatic carbocycles. The highest BCUT2D eigenvalue weighted by Gasteiger charge is 2.31. The number of hydrogen-bond donors (Lipinski definition) is 1. The first kappa shape index (κ1) is 11.2. The van der Waals surface area contributed by atoms with Crippen LogP contribution in [0.25, 0.3) is 0 Å². The zero-order chi connectivity index (χ0) is 11.7. The van der Waals surface area contributed by atoms with E-state index in [0.717, 1.165) is 44.4 Å². The molecular weight excluding hydrogens is 216 g/mol. The maximum atomic E-state index is 10.0. The number of aromatic nitrogens is 2. The molecule has 2 aliphatic rings. The quantitative estimate of drug-likeness (QED) is 0.856. The van der Waals surface area contributed by atoms with E-state index in [4.69, 9.17) is 4.74 Å². The molecule has 1 aliphatic heterocycles. The first-order chi connectivity index (χ1) is 8.36. The Balaban J connectivity index is 1.82. The van der Waals surface area contributed by atoms with Crippen molar-refractivity contribution in [3.8, 4) is 0 Å². The Labute approximate surface area is 102 Å². The van der Waals surface area contributed by atoms with Crippen LogP contribution in [0, 0.1) is 0 Å². The Morgan fingerprint density at radius 2 is 2.18 bits per heavy atom. The van der Waals surface area contributed by atoms with Gasteiger partial charge in [0.15, 0.2) is 0 Å². The lowest BCUT2D eigenvalue weighted by Crippen LogP contribution is -2.24. The lowest BCUT2D eigenvalue weighted by Gasteiger charge is -2.26. The molecule has 1 aromatic rings. The number of aliphatic hydroxyl groups excluding tert-OH is 1. The van der Waals surface area contributed by atoms with Crippen LogP contribution in [-0.4, -0.2) is 27.6 Å². The van der Waals surface area contributed by atoms with Crippen LogP contribution in [0.4, 0.5) is 0 Å². The first-order valence-corrected chi connectivity index (χ1v) is 6.69. The maximum Gasteiger partial charge on any atom is 0.150 e. The molecule has 3 rings (SSSR count). The molecule has 4 nitrogen and oxygen atoms in total. The molecule has 0 bridgehead atoms. The van der Waals surface area contributed by atoms with Gasteiger partial charge in [-0.2, -0.15) is 5.10 Å². The molecule has 0 spiro atoms. The number of hydrogen-bond acceptors (Lipinski definition) is 3. The highest BCUT2D eigenvalue weighted by Crippen LogP contribution is 2.36. The summed E-state index contributed by atoms with van der Waals surface area (Å²) >= 11 is 0. The molecule has 0 amide bonds. The summed E-state index contributed by atoms with van der Waals surface area (Å²) in [6, 6.07) is 2.04. The van der Waals surface area contributed by atoms with E-state index in [1.165, 1.54) is 6.42 Å². The molecule has 1 saturated carbocycles. The van der Waals surface area contributed by atoms with Gasteiger partial charge in [0.2, 0.25) is 0 Å². The van der Waals surface area contributed by atoms with E-state index in [0.29, 0.717) is 0 Å². The summed E-state index contributed by atoms with van der Waals surface area (Å²) in [5.74, 6) is 0.253. The summed E-state index contributed by atoms with van der Waals surface area (Å²) in [5, 5.41) is 14.4. The van der Waals surface area contributed by atoms with Gasteiger partial charge in [0, 0.05) is 24.4 Å². The third kappa shape index (κ3) is 2.11. The zero-order valence-electron chi connectivity index (χ0n) is 10.1. The fourth-order valence-electron chi connectivity index (χ4n) is 3.06. The summed E-state index contributed by atoms with van der Waals surface area (Å²) in [6.45, 7) is 0.831. The van der Waals surface area contributed by atoms with Crippen LogP contribution in [0.2, 0.25) is 0 Å². The molecule has 17 heavy (non-hydrogen) atoms. The van der Waals surface area contributed by atoms with Crippen LogP contribution in [0.1, 0.15) is 56.4 Å². The molecule has 0 radical (unpaired) electrons. The number of aliphatic hydroxyl groups is 1.